The van der Waals surface area contributed by atoms with E-state index in [0.29, 0.717) is 12.1 Å². The summed E-state index contributed by atoms with van der Waals surface area (Å²) in [4.78, 5) is 14.0. The molecule has 0 atom stereocenters. The summed E-state index contributed by atoms with van der Waals surface area (Å²) in [6.45, 7) is 7.44. The Labute approximate surface area is 178 Å². The molecule has 30 heavy (non-hydrogen) atoms. The van der Waals surface area contributed by atoms with Gasteiger partial charge in [-0.3, -0.25) is 4.79 Å². The van der Waals surface area contributed by atoms with E-state index in [1.165, 1.54) is 4.90 Å². The highest BCUT2D eigenvalue weighted by molar-refractivity contribution is 7.89. The average molecular weight is 433 g/mol. The molecule has 162 valence electrons. The molecule has 0 unspecified atom stereocenters. The van der Waals surface area contributed by atoms with Crippen molar-refractivity contribution in [1.82, 2.24) is 10.0 Å². The maximum Gasteiger partial charge on any atom is 0.251 e. The first-order valence-corrected chi connectivity index (χ1v) is 11.8. The van der Waals surface area contributed by atoms with E-state index in [1.807, 2.05) is 6.92 Å². The first-order chi connectivity index (χ1) is 14.4. The van der Waals surface area contributed by atoms with Gasteiger partial charge in [0.15, 0.2) is 0 Å². The lowest BCUT2D eigenvalue weighted by Gasteiger charge is -2.23. The monoisotopic (exact) mass is 432 g/mol. The van der Waals surface area contributed by atoms with Gasteiger partial charge in [-0.25, -0.2) is 13.1 Å². The van der Waals surface area contributed by atoms with Crippen molar-refractivity contribution in [2.24, 2.45) is 0 Å². The Bertz CT molecular complexity index is 922. The van der Waals surface area contributed by atoms with E-state index in [-0.39, 0.29) is 17.3 Å². The number of rotatable bonds is 9. The highest BCUT2D eigenvalue weighted by atomic mass is 32.2. The second-order valence-electron chi connectivity index (χ2n) is 7.56. The fourth-order valence-corrected chi connectivity index (χ4v) is 4.32. The molecular formula is C22H30N3O4S+. The summed E-state index contributed by atoms with van der Waals surface area (Å²) in [6, 6.07) is 13.7. The number of sulfonamides is 1. The van der Waals surface area contributed by atoms with Crippen LogP contribution in [0.3, 0.4) is 0 Å². The van der Waals surface area contributed by atoms with Gasteiger partial charge in [0.25, 0.3) is 5.91 Å². The summed E-state index contributed by atoms with van der Waals surface area (Å²) in [5, 5.41) is 2.95. The van der Waals surface area contributed by atoms with Crippen molar-refractivity contribution < 1.29 is 22.8 Å². The van der Waals surface area contributed by atoms with Crippen molar-refractivity contribution in [2.45, 2.75) is 24.8 Å². The van der Waals surface area contributed by atoms with Gasteiger partial charge in [-0.1, -0.05) is 29.8 Å². The van der Waals surface area contributed by atoms with Crippen molar-refractivity contribution in [2.75, 3.05) is 39.4 Å². The van der Waals surface area contributed by atoms with Crippen LogP contribution in [0.1, 0.15) is 27.9 Å². The number of carbonyl (C=O) groups excluding carboxylic acids is 1. The number of hydrogen-bond acceptors (Lipinski definition) is 4. The zero-order valence-electron chi connectivity index (χ0n) is 17.3. The number of quaternary nitrogens is 1. The summed E-state index contributed by atoms with van der Waals surface area (Å²) in [7, 11) is -3.57. The number of aryl methyl sites for hydroxylation is 1. The number of carbonyl (C=O) groups is 1. The van der Waals surface area contributed by atoms with E-state index in [1.54, 1.807) is 48.5 Å². The zero-order valence-corrected chi connectivity index (χ0v) is 18.1. The minimum absolute atomic E-state index is 0.112. The maximum absolute atomic E-state index is 12.4. The van der Waals surface area contributed by atoms with Gasteiger partial charge in [-0.2, -0.15) is 0 Å². The van der Waals surface area contributed by atoms with Gasteiger partial charge in [0, 0.05) is 25.1 Å². The van der Waals surface area contributed by atoms with Gasteiger partial charge in [0.2, 0.25) is 10.0 Å². The number of nitrogens with one attached hydrogen (secondary N) is 3. The van der Waals surface area contributed by atoms with Gasteiger partial charge >= 0.3 is 0 Å². The highest BCUT2D eigenvalue weighted by Gasteiger charge is 2.14. The Kier molecular flexibility index (Phi) is 7.98. The predicted molar refractivity (Wildman–Crippen MR) is 115 cm³/mol. The molecule has 2 aromatic rings. The van der Waals surface area contributed by atoms with Crippen LogP contribution in [0.15, 0.2) is 53.4 Å². The minimum atomic E-state index is -3.57. The molecule has 0 radical (unpaired) electrons. The second-order valence-corrected chi connectivity index (χ2v) is 9.32. The number of hydrogen-bond donors (Lipinski definition) is 3. The van der Waals surface area contributed by atoms with Crippen LogP contribution in [0.4, 0.5) is 0 Å². The zero-order chi connectivity index (χ0) is 21.4. The number of benzene rings is 2. The number of morpholine rings is 1. The molecule has 0 spiro atoms. The molecule has 1 aliphatic heterocycles. The Balaban J connectivity index is 1.43. The topological polar surface area (TPSA) is 88.9 Å². The Morgan fingerprint density at radius 3 is 2.37 bits per heavy atom. The lowest BCUT2D eigenvalue weighted by molar-refractivity contribution is -0.908. The largest absolute Gasteiger partial charge is 0.370 e. The fraction of sp³-hybridized carbons (Fsp3) is 0.409. The molecule has 3 rings (SSSR count). The number of amides is 1. The van der Waals surface area contributed by atoms with Crippen LogP contribution in [0, 0.1) is 6.92 Å². The van der Waals surface area contributed by atoms with Gasteiger partial charge in [-0.05, 0) is 36.8 Å². The molecule has 1 fully saturated rings. The SMILES string of the molecule is Cc1ccc(S(=O)(=O)NCc2ccc(C(=O)NCCC[NH+]3CCOCC3)cc2)cc1. The summed E-state index contributed by atoms with van der Waals surface area (Å²) in [6.07, 6.45) is 0.931. The van der Waals surface area contributed by atoms with Crippen LogP contribution in [0.25, 0.3) is 0 Å². The molecule has 0 bridgehead atoms. The van der Waals surface area contributed by atoms with Crippen LogP contribution in [-0.4, -0.2) is 53.7 Å². The van der Waals surface area contributed by atoms with Gasteiger partial charge in [-0.15, -0.1) is 0 Å². The highest BCUT2D eigenvalue weighted by Crippen LogP contribution is 2.11. The molecule has 1 saturated heterocycles. The van der Waals surface area contributed by atoms with Crippen molar-refractivity contribution in [3.05, 3.63) is 65.2 Å². The Morgan fingerprint density at radius 1 is 1.03 bits per heavy atom. The molecule has 2 aromatic carbocycles. The molecule has 3 N–H and O–H groups in total. The van der Waals surface area contributed by atoms with Gasteiger partial charge < -0.3 is 15.0 Å². The number of ether oxygens (including phenoxy) is 1. The molecule has 1 heterocycles. The molecule has 0 aromatic heterocycles. The van der Waals surface area contributed by atoms with Crippen LogP contribution in [0.5, 0.6) is 0 Å². The molecule has 0 aliphatic carbocycles. The van der Waals surface area contributed by atoms with E-state index in [0.717, 1.165) is 50.4 Å². The third-order valence-electron chi connectivity index (χ3n) is 5.21. The summed E-state index contributed by atoms with van der Waals surface area (Å²) >= 11 is 0. The van der Waals surface area contributed by atoms with Gasteiger partial charge in [0.05, 0.1) is 24.7 Å². The lowest BCUT2D eigenvalue weighted by atomic mass is 10.1. The predicted octanol–water partition coefficient (Wildman–Crippen LogP) is 0.509. The third kappa shape index (κ3) is 6.63. The molecule has 0 saturated carbocycles. The maximum atomic E-state index is 12.4. The molecule has 8 heteroatoms. The Morgan fingerprint density at radius 2 is 1.70 bits per heavy atom. The molecule has 7 nitrogen and oxygen atoms in total. The van der Waals surface area contributed by atoms with E-state index < -0.39 is 10.0 Å². The van der Waals surface area contributed by atoms with Gasteiger partial charge in [0.1, 0.15) is 13.1 Å². The van der Waals surface area contributed by atoms with E-state index in [2.05, 4.69) is 10.0 Å². The van der Waals surface area contributed by atoms with Crippen LogP contribution >= 0.6 is 0 Å². The summed E-state index contributed by atoms with van der Waals surface area (Å²) < 4.78 is 32.7. The normalized spacial score (nSPS) is 15.1. The van der Waals surface area contributed by atoms with E-state index >= 15 is 0 Å². The standard InChI is InChI=1S/C22H29N3O4S/c1-18-3-9-21(10-4-18)30(27,28)24-17-19-5-7-20(8-6-19)22(26)23-11-2-12-25-13-15-29-16-14-25/h3-10,24H,2,11-17H2,1H3,(H,23,26)/p+1. The smallest absolute Gasteiger partial charge is 0.251 e. The summed E-state index contributed by atoms with van der Waals surface area (Å²) in [5.41, 5.74) is 2.36. The third-order valence-corrected chi connectivity index (χ3v) is 6.62. The molecular weight excluding hydrogens is 402 g/mol. The second kappa shape index (κ2) is 10.7. The summed E-state index contributed by atoms with van der Waals surface area (Å²) in [5.74, 6) is -0.112. The first-order valence-electron chi connectivity index (χ1n) is 10.3. The molecule has 1 amide bonds. The van der Waals surface area contributed by atoms with Crippen molar-refractivity contribution >= 4 is 15.9 Å². The lowest BCUT2D eigenvalue weighted by Crippen LogP contribution is -3.14. The minimum Gasteiger partial charge on any atom is -0.370 e. The van der Waals surface area contributed by atoms with Crippen molar-refractivity contribution in [3.8, 4) is 0 Å². The Hall–Kier alpha value is -2.26. The fourth-order valence-electron chi connectivity index (χ4n) is 3.31. The first kappa shape index (κ1) is 22.4. The quantitative estimate of drug-likeness (QED) is 0.504. The molecule has 1 aliphatic rings. The average Bonchev–Trinajstić information content (AvgIpc) is 2.76. The van der Waals surface area contributed by atoms with Crippen molar-refractivity contribution in [3.63, 3.8) is 0 Å². The van der Waals surface area contributed by atoms with Crippen LogP contribution in [-0.2, 0) is 21.3 Å². The van der Waals surface area contributed by atoms with E-state index in [9.17, 15) is 13.2 Å². The van der Waals surface area contributed by atoms with E-state index in [4.69, 9.17) is 4.74 Å². The van der Waals surface area contributed by atoms with Crippen LogP contribution < -0.4 is 14.9 Å². The van der Waals surface area contributed by atoms with Crippen molar-refractivity contribution in [1.29, 1.82) is 0 Å². The van der Waals surface area contributed by atoms with Crippen LogP contribution in [0.2, 0.25) is 0 Å².